The summed E-state index contributed by atoms with van der Waals surface area (Å²) < 4.78 is 6.61. The topological polar surface area (TPSA) is 36.0 Å². The molecule has 1 atom stereocenters. The van der Waals surface area contributed by atoms with E-state index in [9.17, 15) is 4.79 Å². The van der Waals surface area contributed by atoms with Crippen molar-refractivity contribution >= 4 is 28.6 Å². The molecule has 1 aliphatic rings. The molecular formula is C38H41N3O2. The SMILES string of the molecule is C=CC(=C(c1ccc(N(C)C)cc1)c1ccc(N(C)C)cc1)C1(c2ccccc2)OC(=O)c2cc(N(CC)CC)ccc21. The second-order valence-corrected chi connectivity index (χ2v) is 11.2. The van der Waals surface area contributed by atoms with Gasteiger partial charge in [0.05, 0.1) is 5.56 Å². The van der Waals surface area contributed by atoms with Crippen molar-refractivity contribution < 1.29 is 9.53 Å². The fraction of sp³-hybridized carbons (Fsp3) is 0.237. The third-order valence-corrected chi connectivity index (χ3v) is 8.35. The Kier molecular flexibility index (Phi) is 8.45. The molecule has 1 aliphatic heterocycles. The molecule has 4 aromatic carbocycles. The van der Waals surface area contributed by atoms with E-state index in [0.29, 0.717) is 5.56 Å². The van der Waals surface area contributed by atoms with E-state index in [4.69, 9.17) is 4.74 Å². The van der Waals surface area contributed by atoms with Crippen LogP contribution in [0.4, 0.5) is 17.1 Å². The average molecular weight is 572 g/mol. The number of cyclic esters (lactones) is 1. The van der Waals surface area contributed by atoms with Crippen LogP contribution in [0.2, 0.25) is 0 Å². The van der Waals surface area contributed by atoms with Crippen LogP contribution < -0.4 is 14.7 Å². The third-order valence-electron chi connectivity index (χ3n) is 8.35. The number of benzene rings is 4. The van der Waals surface area contributed by atoms with Crippen molar-refractivity contribution in [1.29, 1.82) is 0 Å². The van der Waals surface area contributed by atoms with E-state index >= 15 is 0 Å². The molecule has 5 nitrogen and oxygen atoms in total. The van der Waals surface area contributed by atoms with Crippen molar-refractivity contribution in [3.63, 3.8) is 0 Å². The van der Waals surface area contributed by atoms with Gasteiger partial charge in [-0.15, -0.1) is 0 Å². The summed E-state index contributed by atoms with van der Waals surface area (Å²) in [5.74, 6) is -0.336. The van der Waals surface area contributed by atoms with Gasteiger partial charge in [-0.05, 0) is 66.9 Å². The second kappa shape index (κ2) is 12.2. The zero-order valence-corrected chi connectivity index (χ0v) is 26.1. The molecule has 0 N–H and O–H groups in total. The summed E-state index contributed by atoms with van der Waals surface area (Å²) in [6.07, 6.45) is 1.86. The zero-order valence-electron chi connectivity index (χ0n) is 26.1. The first-order valence-corrected chi connectivity index (χ1v) is 14.9. The van der Waals surface area contributed by atoms with Gasteiger partial charge in [-0.3, -0.25) is 0 Å². The Labute approximate surface area is 256 Å². The van der Waals surface area contributed by atoms with Crippen LogP contribution in [0.25, 0.3) is 5.57 Å². The Morgan fingerprint density at radius 1 is 0.744 bits per heavy atom. The van der Waals surface area contributed by atoms with Gasteiger partial charge in [0.2, 0.25) is 0 Å². The highest BCUT2D eigenvalue weighted by molar-refractivity contribution is 5.99. The Hall–Kier alpha value is -4.77. The van der Waals surface area contributed by atoms with Crippen LogP contribution in [-0.4, -0.2) is 47.2 Å². The highest BCUT2D eigenvalue weighted by Gasteiger charge is 2.50. The van der Waals surface area contributed by atoms with Gasteiger partial charge in [-0.25, -0.2) is 4.79 Å². The fourth-order valence-corrected chi connectivity index (χ4v) is 6.04. The lowest BCUT2D eigenvalue weighted by Crippen LogP contribution is -2.31. The summed E-state index contributed by atoms with van der Waals surface area (Å²) in [5.41, 5.74) is 8.10. The number of fused-ring (bicyclic) bond motifs is 1. The Balaban J connectivity index is 1.86. The molecule has 4 aromatic rings. The molecule has 0 fully saturated rings. The van der Waals surface area contributed by atoms with E-state index in [2.05, 4.69) is 95.8 Å². The van der Waals surface area contributed by atoms with Crippen LogP contribution in [0, 0.1) is 0 Å². The summed E-state index contributed by atoms with van der Waals surface area (Å²) in [5, 5.41) is 0. The molecule has 0 saturated carbocycles. The molecule has 0 saturated heterocycles. The van der Waals surface area contributed by atoms with Crippen molar-refractivity contribution in [2.24, 2.45) is 0 Å². The maximum atomic E-state index is 13.9. The number of hydrogen-bond acceptors (Lipinski definition) is 5. The minimum atomic E-state index is -1.19. The molecule has 0 aromatic heterocycles. The molecular weight excluding hydrogens is 530 g/mol. The minimum absolute atomic E-state index is 0.336. The van der Waals surface area contributed by atoms with Gasteiger partial charge in [-0.1, -0.05) is 73.3 Å². The maximum absolute atomic E-state index is 13.9. The Morgan fingerprint density at radius 2 is 1.26 bits per heavy atom. The van der Waals surface area contributed by atoms with Crippen LogP contribution in [0.1, 0.15) is 46.5 Å². The highest BCUT2D eigenvalue weighted by Crippen LogP contribution is 2.51. The number of nitrogens with zero attached hydrogens (tertiary/aromatic N) is 3. The van der Waals surface area contributed by atoms with E-state index in [0.717, 1.165) is 63.6 Å². The van der Waals surface area contributed by atoms with Gasteiger partial charge in [-0.2, -0.15) is 0 Å². The van der Waals surface area contributed by atoms with Crippen LogP contribution in [-0.2, 0) is 10.3 Å². The number of rotatable bonds is 10. The van der Waals surface area contributed by atoms with Crippen LogP contribution >= 0.6 is 0 Å². The normalized spacial score (nSPS) is 15.3. The van der Waals surface area contributed by atoms with E-state index in [-0.39, 0.29) is 5.97 Å². The number of carbonyl (C=O) groups is 1. The average Bonchev–Trinajstić information content (AvgIpc) is 3.33. The molecule has 43 heavy (non-hydrogen) atoms. The van der Waals surface area contributed by atoms with Crippen molar-refractivity contribution in [3.8, 4) is 0 Å². The van der Waals surface area contributed by atoms with Gasteiger partial charge < -0.3 is 19.4 Å². The summed E-state index contributed by atoms with van der Waals surface area (Å²) in [7, 11) is 8.14. The quantitative estimate of drug-likeness (QED) is 0.144. The molecule has 220 valence electrons. The van der Waals surface area contributed by atoms with Crippen LogP contribution in [0.3, 0.4) is 0 Å². The second-order valence-electron chi connectivity index (χ2n) is 11.2. The molecule has 0 bridgehead atoms. The van der Waals surface area contributed by atoms with E-state index in [1.807, 2.05) is 70.7 Å². The predicted molar refractivity (Wildman–Crippen MR) is 180 cm³/mol. The van der Waals surface area contributed by atoms with Gasteiger partial charge in [0, 0.05) is 75.0 Å². The smallest absolute Gasteiger partial charge is 0.340 e. The number of anilines is 3. The van der Waals surface area contributed by atoms with Gasteiger partial charge >= 0.3 is 5.97 Å². The van der Waals surface area contributed by atoms with Crippen molar-refractivity contribution in [3.05, 3.63) is 143 Å². The standard InChI is InChI=1S/C38H41N3O2/c1-8-34(36(27-16-20-30(21-17-27)39(4)5)28-18-22-31(23-19-28)40(6)7)38(29-14-12-11-13-15-29)35-25-24-32(41(9-2)10-3)26-33(35)37(42)43-38/h8,11-26H,1,9-10H2,2-7H3. The number of carbonyl (C=O) groups excluding carboxylic acids is 1. The molecule has 0 aliphatic carbocycles. The maximum Gasteiger partial charge on any atom is 0.340 e. The molecule has 1 heterocycles. The highest BCUT2D eigenvalue weighted by atomic mass is 16.6. The Morgan fingerprint density at radius 3 is 1.72 bits per heavy atom. The molecule has 0 spiro atoms. The molecule has 0 amide bonds. The largest absolute Gasteiger partial charge is 0.441 e. The molecule has 5 rings (SSSR count). The minimum Gasteiger partial charge on any atom is -0.441 e. The van der Waals surface area contributed by atoms with Crippen LogP contribution in [0.15, 0.2) is 115 Å². The fourth-order valence-electron chi connectivity index (χ4n) is 6.04. The monoisotopic (exact) mass is 571 g/mol. The first-order chi connectivity index (χ1) is 20.7. The van der Waals surface area contributed by atoms with E-state index < -0.39 is 5.60 Å². The van der Waals surface area contributed by atoms with Crippen LogP contribution in [0.5, 0.6) is 0 Å². The first-order valence-electron chi connectivity index (χ1n) is 14.9. The summed E-state index contributed by atoms with van der Waals surface area (Å²) >= 11 is 0. The van der Waals surface area contributed by atoms with Gasteiger partial charge in [0.1, 0.15) is 0 Å². The zero-order chi connectivity index (χ0) is 30.7. The third kappa shape index (κ3) is 5.32. The molecule has 5 heteroatoms. The van der Waals surface area contributed by atoms with Gasteiger partial charge in [0.15, 0.2) is 5.60 Å². The lowest BCUT2D eigenvalue weighted by Gasteiger charge is -2.33. The van der Waals surface area contributed by atoms with Crippen molar-refractivity contribution in [1.82, 2.24) is 0 Å². The lowest BCUT2D eigenvalue weighted by molar-refractivity contribution is 0.0251. The van der Waals surface area contributed by atoms with Crippen molar-refractivity contribution in [2.45, 2.75) is 19.4 Å². The molecule has 1 unspecified atom stereocenters. The summed E-state index contributed by atoms with van der Waals surface area (Å²) in [4.78, 5) is 20.3. The first kappa shape index (κ1) is 29.7. The lowest BCUT2D eigenvalue weighted by atomic mass is 9.75. The van der Waals surface area contributed by atoms with Gasteiger partial charge in [0.25, 0.3) is 0 Å². The summed E-state index contributed by atoms with van der Waals surface area (Å²) in [6, 6.07) is 33.2. The Bertz CT molecular complexity index is 1580. The number of hydrogen-bond donors (Lipinski definition) is 0. The summed E-state index contributed by atoms with van der Waals surface area (Å²) in [6.45, 7) is 10.3. The number of esters is 1. The van der Waals surface area contributed by atoms with E-state index in [1.54, 1.807) is 0 Å². The van der Waals surface area contributed by atoms with E-state index in [1.165, 1.54) is 0 Å². The molecule has 0 radical (unpaired) electrons. The predicted octanol–water partition coefficient (Wildman–Crippen LogP) is 7.77. The number of ether oxygens (including phenoxy) is 1. The van der Waals surface area contributed by atoms with Crippen molar-refractivity contribution in [2.75, 3.05) is 56.0 Å².